The van der Waals surface area contributed by atoms with Gasteiger partial charge in [0.25, 0.3) is 11.5 Å². The Kier molecular flexibility index (Phi) is 6.50. The normalized spacial score (nSPS) is 16.4. The number of benzene rings is 3. The van der Waals surface area contributed by atoms with Crippen molar-refractivity contribution in [3.05, 3.63) is 115 Å². The van der Waals surface area contributed by atoms with E-state index in [2.05, 4.69) is 5.32 Å². The molecule has 0 saturated heterocycles. The van der Waals surface area contributed by atoms with E-state index in [0.717, 1.165) is 11.1 Å². The minimum absolute atomic E-state index is 0.237. The topological polar surface area (TPSA) is 91.2 Å². The van der Waals surface area contributed by atoms with E-state index >= 15 is 0 Å². The molecule has 4 aromatic rings. The summed E-state index contributed by atoms with van der Waals surface area (Å²) in [4.78, 5) is 32.8. The minimum atomic E-state index is -0.692. The largest absolute Gasteiger partial charge is 0.497 e. The van der Waals surface area contributed by atoms with Gasteiger partial charge in [-0.1, -0.05) is 47.7 Å². The van der Waals surface area contributed by atoms with Gasteiger partial charge in [0, 0.05) is 5.69 Å². The lowest BCUT2D eigenvalue weighted by Crippen LogP contribution is -2.40. The molecule has 9 heteroatoms. The first-order chi connectivity index (χ1) is 19.0. The predicted molar refractivity (Wildman–Crippen MR) is 149 cm³/mol. The van der Waals surface area contributed by atoms with Crippen molar-refractivity contribution in [1.82, 2.24) is 4.57 Å². The van der Waals surface area contributed by atoms with Gasteiger partial charge in [0.05, 0.1) is 29.0 Å². The van der Waals surface area contributed by atoms with Crippen molar-refractivity contribution in [2.45, 2.75) is 13.0 Å². The first kappa shape index (κ1) is 24.7. The van der Waals surface area contributed by atoms with Crippen LogP contribution in [0.25, 0.3) is 6.08 Å². The number of para-hydroxylation sites is 1. The quantitative estimate of drug-likeness (QED) is 0.418. The van der Waals surface area contributed by atoms with Gasteiger partial charge in [-0.15, -0.1) is 0 Å². The van der Waals surface area contributed by atoms with Crippen LogP contribution in [-0.2, 0) is 4.79 Å². The van der Waals surface area contributed by atoms with Gasteiger partial charge in [-0.05, 0) is 60.5 Å². The highest BCUT2D eigenvalue weighted by Gasteiger charge is 2.32. The second-order valence-corrected chi connectivity index (χ2v) is 10.1. The van der Waals surface area contributed by atoms with E-state index in [1.807, 2.05) is 78.9 Å². The highest BCUT2D eigenvalue weighted by molar-refractivity contribution is 7.07. The lowest BCUT2D eigenvalue weighted by atomic mass is 9.95. The molecule has 0 fully saturated rings. The summed E-state index contributed by atoms with van der Waals surface area (Å²) < 4.78 is 18.9. The van der Waals surface area contributed by atoms with E-state index in [0.29, 0.717) is 56.8 Å². The zero-order chi connectivity index (χ0) is 26.9. The molecular formula is C30H25N3O5S. The maximum atomic E-state index is 13.9. The third-order valence-corrected chi connectivity index (χ3v) is 7.55. The van der Waals surface area contributed by atoms with Crippen LogP contribution in [0.4, 0.5) is 5.69 Å². The molecule has 8 nitrogen and oxygen atoms in total. The van der Waals surface area contributed by atoms with Crippen molar-refractivity contribution in [2.75, 3.05) is 25.6 Å². The summed E-state index contributed by atoms with van der Waals surface area (Å²) in [6.07, 6.45) is 1.81. The molecule has 1 atom stereocenters. The summed E-state index contributed by atoms with van der Waals surface area (Å²) in [6, 6.07) is 21.5. The molecule has 1 aromatic heterocycles. The van der Waals surface area contributed by atoms with Gasteiger partial charge < -0.3 is 19.5 Å². The molecule has 1 N–H and O–H groups in total. The Morgan fingerprint density at radius 1 is 1.05 bits per heavy atom. The lowest BCUT2D eigenvalue weighted by molar-refractivity contribution is -0.113. The van der Waals surface area contributed by atoms with Crippen molar-refractivity contribution in [3.8, 4) is 17.2 Å². The van der Waals surface area contributed by atoms with Gasteiger partial charge in [-0.3, -0.25) is 14.2 Å². The van der Waals surface area contributed by atoms with E-state index in [-0.39, 0.29) is 11.5 Å². The van der Waals surface area contributed by atoms with Gasteiger partial charge in [-0.25, -0.2) is 4.99 Å². The van der Waals surface area contributed by atoms with Gasteiger partial charge in [0.2, 0.25) is 0 Å². The molecule has 2 aliphatic heterocycles. The number of carbonyl (C=O) groups is 1. The van der Waals surface area contributed by atoms with Crippen LogP contribution in [0, 0.1) is 0 Å². The number of carbonyl (C=O) groups excluding carboxylic acids is 1. The Bertz CT molecular complexity index is 1790. The number of nitrogens with one attached hydrogen (secondary N) is 1. The highest BCUT2D eigenvalue weighted by Crippen LogP contribution is 2.33. The van der Waals surface area contributed by atoms with Gasteiger partial charge >= 0.3 is 0 Å². The molecule has 39 heavy (non-hydrogen) atoms. The molecule has 3 aromatic carbocycles. The number of fused-ring (bicyclic) bond motifs is 2. The standard InChI is InChI=1S/C30H25N3O5S/c1-18-26(28(34)32-21-8-4-3-5-9-21)27(20-7-6-10-22(17-20)36-2)33-29(35)25(39-30(33)31-18)16-19-11-12-23-24(15-19)38-14-13-37-23/h3-12,15-17,27H,13-14H2,1-2H3,(H,32,34)/b25-16-/t27-/m0/s1. The molecule has 0 saturated carbocycles. The summed E-state index contributed by atoms with van der Waals surface area (Å²) in [5, 5.41) is 2.96. The fourth-order valence-electron chi connectivity index (χ4n) is 4.76. The number of aromatic nitrogens is 1. The maximum Gasteiger partial charge on any atom is 0.271 e. The zero-order valence-electron chi connectivity index (χ0n) is 21.3. The van der Waals surface area contributed by atoms with Crippen LogP contribution in [0.1, 0.15) is 24.1 Å². The monoisotopic (exact) mass is 539 g/mol. The van der Waals surface area contributed by atoms with Crippen LogP contribution in [0.3, 0.4) is 0 Å². The van der Waals surface area contributed by atoms with E-state index in [1.54, 1.807) is 18.6 Å². The maximum absolute atomic E-state index is 13.9. The zero-order valence-corrected chi connectivity index (χ0v) is 22.2. The Hall–Kier alpha value is -4.63. The SMILES string of the molecule is COc1cccc([C@H]2C(C(=O)Nc3ccccc3)=C(C)N=c3s/c(=C\c4ccc5c(c4)OCCO5)c(=O)n32)c1. The molecular weight excluding hydrogens is 514 g/mol. The molecule has 0 bridgehead atoms. The van der Waals surface area contributed by atoms with Crippen molar-refractivity contribution in [2.24, 2.45) is 4.99 Å². The Morgan fingerprint density at radius 3 is 2.64 bits per heavy atom. The summed E-state index contributed by atoms with van der Waals surface area (Å²) in [7, 11) is 1.59. The van der Waals surface area contributed by atoms with Crippen molar-refractivity contribution >= 4 is 29.0 Å². The number of rotatable bonds is 5. The molecule has 0 aliphatic carbocycles. The number of nitrogens with zero attached hydrogens (tertiary/aromatic N) is 2. The fraction of sp³-hybridized carbons (Fsp3) is 0.167. The van der Waals surface area contributed by atoms with Gasteiger partial charge in [0.15, 0.2) is 16.3 Å². The number of hydrogen-bond acceptors (Lipinski definition) is 7. The van der Waals surface area contributed by atoms with Gasteiger partial charge in [-0.2, -0.15) is 0 Å². The number of ether oxygens (including phenoxy) is 3. The predicted octanol–water partition coefficient (Wildman–Crippen LogP) is 3.65. The number of methoxy groups -OCH3 is 1. The van der Waals surface area contributed by atoms with Crippen molar-refractivity contribution in [1.29, 1.82) is 0 Å². The second kappa shape index (κ2) is 10.3. The van der Waals surface area contributed by atoms with Crippen LogP contribution in [0.5, 0.6) is 17.2 Å². The average Bonchev–Trinajstić information content (AvgIpc) is 3.26. The summed E-state index contributed by atoms with van der Waals surface area (Å²) in [6.45, 7) is 2.78. The third kappa shape index (κ3) is 4.72. The molecule has 0 spiro atoms. The molecule has 0 unspecified atom stereocenters. The summed E-state index contributed by atoms with van der Waals surface area (Å²) in [5.41, 5.74) is 2.91. The van der Waals surface area contributed by atoms with Crippen molar-refractivity contribution < 1.29 is 19.0 Å². The number of thiazole rings is 1. The van der Waals surface area contributed by atoms with E-state index in [9.17, 15) is 9.59 Å². The van der Waals surface area contributed by atoms with Gasteiger partial charge in [0.1, 0.15) is 19.0 Å². The Morgan fingerprint density at radius 2 is 1.85 bits per heavy atom. The fourth-order valence-corrected chi connectivity index (χ4v) is 5.81. The van der Waals surface area contributed by atoms with Crippen LogP contribution in [0.15, 0.2) is 93.9 Å². The molecule has 0 radical (unpaired) electrons. The van der Waals surface area contributed by atoms with Crippen LogP contribution < -0.4 is 34.4 Å². The first-order valence-electron chi connectivity index (χ1n) is 12.4. The minimum Gasteiger partial charge on any atom is -0.497 e. The van der Waals surface area contributed by atoms with E-state index in [4.69, 9.17) is 19.2 Å². The molecule has 6 rings (SSSR count). The summed E-state index contributed by atoms with van der Waals surface area (Å²) >= 11 is 1.28. The second-order valence-electron chi connectivity index (χ2n) is 9.08. The van der Waals surface area contributed by atoms with Crippen LogP contribution in [0.2, 0.25) is 0 Å². The number of amides is 1. The average molecular weight is 540 g/mol. The van der Waals surface area contributed by atoms with Crippen LogP contribution >= 0.6 is 11.3 Å². The molecule has 3 heterocycles. The van der Waals surface area contributed by atoms with E-state index in [1.165, 1.54) is 11.3 Å². The number of allylic oxidation sites excluding steroid dienone is 1. The highest BCUT2D eigenvalue weighted by atomic mass is 32.1. The number of hydrogen-bond donors (Lipinski definition) is 1. The smallest absolute Gasteiger partial charge is 0.271 e. The molecule has 2 aliphatic rings. The van der Waals surface area contributed by atoms with Crippen LogP contribution in [-0.4, -0.2) is 30.8 Å². The number of anilines is 1. The summed E-state index contributed by atoms with van der Waals surface area (Å²) in [5.74, 6) is 1.63. The molecule has 1 amide bonds. The molecule has 196 valence electrons. The van der Waals surface area contributed by atoms with Crippen molar-refractivity contribution in [3.63, 3.8) is 0 Å². The Labute approximate surface area is 228 Å². The lowest BCUT2D eigenvalue weighted by Gasteiger charge is -2.25. The Balaban J connectivity index is 1.49. The first-order valence-corrected chi connectivity index (χ1v) is 13.3. The third-order valence-electron chi connectivity index (χ3n) is 6.57. The van der Waals surface area contributed by atoms with E-state index < -0.39 is 6.04 Å².